The molecule has 1 aliphatic rings. The Kier molecular flexibility index (Phi) is 6.65. The zero-order valence-corrected chi connectivity index (χ0v) is 13.3. The van der Waals surface area contributed by atoms with Crippen molar-refractivity contribution in [3.63, 3.8) is 0 Å². The monoisotopic (exact) mass is 254 g/mol. The van der Waals surface area contributed by atoms with Crippen LogP contribution in [0.4, 0.5) is 0 Å². The molecule has 1 fully saturated rings. The molecule has 0 radical (unpaired) electrons. The molecule has 0 aromatic rings. The first-order valence-electron chi connectivity index (χ1n) is 7.98. The van der Waals surface area contributed by atoms with Crippen molar-refractivity contribution in [2.45, 2.75) is 78.8 Å². The van der Waals surface area contributed by atoms with Gasteiger partial charge in [0.25, 0.3) is 0 Å². The first kappa shape index (κ1) is 16.0. The summed E-state index contributed by atoms with van der Waals surface area (Å²) in [5, 5.41) is 3.65. The highest BCUT2D eigenvalue weighted by Crippen LogP contribution is 2.29. The Morgan fingerprint density at radius 1 is 1.33 bits per heavy atom. The van der Waals surface area contributed by atoms with Crippen LogP contribution in [0.5, 0.6) is 0 Å². The molecule has 0 amide bonds. The molecule has 0 saturated carbocycles. The summed E-state index contributed by atoms with van der Waals surface area (Å²) in [6.07, 6.45) is 6.76. The Balaban J connectivity index is 2.54. The van der Waals surface area contributed by atoms with Crippen LogP contribution in [0, 0.1) is 5.41 Å². The SMILES string of the molecule is CCCC(C)(CNC(C)C)CN1CCCC1CC. The van der Waals surface area contributed by atoms with Crippen LogP contribution in [0.2, 0.25) is 0 Å². The number of hydrogen-bond acceptors (Lipinski definition) is 2. The second kappa shape index (κ2) is 7.49. The van der Waals surface area contributed by atoms with E-state index in [1.54, 1.807) is 0 Å². The van der Waals surface area contributed by atoms with E-state index in [1.807, 2.05) is 0 Å². The molecule has 1 N–H and O–H groups in total. The predicted molar refractivity (Wildman–Crippen MR) is 81.0 cm³/mol. The van der Waals surface area contributed by atoms with E-state index in [2.05, 4.69) is 44.8 Å². The van der Waals surface area contributed by atoms with Crippen LogP contribution in [-0.2, 0) is 0 Å². The van der Waals surface area contributed by atoms with Crippen molar-refractivity contribution in [2.75, 3.05) is 19.6 Å². The number of likely N-dealkylation sites (tertiary alicyclic amines) is 1. The van der Waals surface area contributed by atoms with Crippen molar-refractivity contribution in [3.05, 3.63) is 0 Å². The molecule has 1 rings (SSSR count). The second-order valence-electron chi connectivity index (χ2n) is 6.77. The van der Waals surface area contributed by atoms with Crippen LogP contribution in [0.25, 0.3) is 0 Å². The normalized spacial score (nSPS) is 24.7. The van der Waals surface area contributed by atoms with E-state index in [9.17, 15) is 0 Å². The Labute approximate surface area is 115 Å². The van der Waals surface area contributed by atoms with E-state index < -0.39 is 0 Å². The molecule has 2 heteroatoms. The van der Waals surface area contributed by atoms with Crippen molar-refractivity contribution in [2.24, 2.45) is 5.41 Å². The molecule has 2 nitrogen and oxygen atoms in total. The molecular formula is C16H34N2. The fraction of sp³-hybridized carbons (Fsp3) is 1.00. The summed E-state index contributed by atoms with van der Waals surface area (Å²) in [6, 6.07) is 1.45. The fourth-order valence-electron chi connectivity index (χ4n) is 3.33. The molecule has 2 unspecified atom stereocenters. The van der Waals surface area contributed by atoms with Crippen molar-refractivity contribution in [1.82, 2.24) is 10.2 Å². The molecule has 0 spiro atoms. The molecule has 108 valence electrons. The minimum absolute atomic E-state index is 0.441. The van der Waals surface area contributed by atoms with Crippen molar-refractivity contribution < 1.29 is 0 Å². The van der Waals surface area contributed by atoms with Gasteiger partial charge in [-0.1, -0.05) is 41.0 Å². The van der Waals surface area contributed by atoms with Gasteiger partial charge in [-0.05, 0) is 37.6 Å². The molecule has 0 aliphatic carbocycles. The maximum Gasteiger partial charge on any atom is 0.00933 e. The molecule has 0 aromatic heterocycles. The minimum Gasteiger partial charge on any atom is -0.314 e. The van der Waals surface area contributed by atoms with Gasteiger partial charge in [-0.2, -0.15) is 0 Å². The minimum atomic E-state index is 0.441. The maximum absolute atomic E-state index is 3.65. The molecule has 1 saturated heterocycles. The molecule has 0 aromatic carbocycles. The Bertz CT molecular complexity index is 227. The summed E-state index contributed by atoms with van der Waals surface area (Å²) in [5.74, 6) is 0. The molecule has 0 bridgehead atoms. The van der Waals surface area contributed by atoms with Gasteiger partial charge >= 0.3 is 0 Å². The van der Waals surface area contributed by atoms with Gasteiger partial charge in [0.05, 0.1) is 0 Å². The highest BCUT2D eigenvalue weighted by Gasteiger charge is 2.31. The van der Waals surface area contributed by atoms with E-state index in [1.165, 1.54) is 45.2 Å². The maximum atomic E-state index is 3.65. The first-order chi connectivity index (χ1) is 8.50. The Morgan fingerprint density at radius 3 is 2.61 bits per heavy atom. The lowest BCUT2D eigenvalue weighted by Crippen LogP contribution is -2.45. The number of rotatable bonds is 8. The molecule has 1 aliphatic heterocycles. The zero-order chi connectivity index (χ0) is 13.6. The summed E-state index contributed by atoms with van der Waals surface area (Å²) in [5.41, 5.74) is 0.441. The third-order valence-electron chi connectivity index (χ3n) is 4.35. The Morgan fingerprint density at radius 2 is 2.06 bits per heavy atom. The van der Waals surface area contributed by atoms with Crippen LogP contribution in [0.1, 0.15) is 66.7 Å². The van der Waals surface area contributed by atoms with E-state index in [0.29, 0.717) is 11.5 Å². The predicted octanol–water partition coefficient (Wildman–Crippen LogP) is 3.67. The number of hydrogen-bond donors (Lipinski definition) is 1. The third-order valence-corrected chi connectivity index (χ3v) is 4.35. The van der Waals surface area contributed by atoms with Crippen LogP contribution in [-0.4, -0.2) is 36.6 Å². The number of nitrogens with one attached hydrogen (secondary N) is 1. The van der Waals surface area contributed by atoms with Gasteiger partial charge in [0.15, 0.2) is 0 Å². The fourth-order valence-corrected chi connectivity index (χ4v) is 3.33. The molecular weight excluding hydrogens is 220 g/mol. The van der Waals surface area contributed by atoms with E-state index in [-0.39, 0.29) is 0 Å². The highest BCUT2D eigenvalue weighted by molar-refractivity contribution is 4.86. The quantitative estimate of drug-likeness (QED) is 0.711. The van der Waals surface area contributed by atoms with E-state index >= 15 is 0 Å². The summed E-state index contributed by atoms with van der Waals surface area (Å²) < 4.78 is 0. The summed E-state index contributed by atoms with van der Waals surface area (Å²) in [6.45, 7) is 15.4. The van der Waals surface area contributed by atoms with Crippen LogP contribution in [0.3, 0.4) is 0 Å². The van der Waals surface area contributed by atoms with Crippen LogP contribution in [0.15, 0.2) is 0 Å². The molecule has 2 atom stereocenters. The average Bonchev–Trinajstić information content (AvgIpc) is 2.74. The standard InChI is InChI=1S/C16H34N2/c1-6-10-16(5,12-17-14(3)4)13-18-11-8-9-15(18)7-2/h14-15,17H,6-13H2,1-5H3. The van der Waals surface area contributed by atoms with Crippen LogP contribution < -0.4 is 5.32 Å². The lowest BCUT2D eigenvalue weighted by Gasteiger charge is -2.37. The van der Waals surface area contributed by atoms with Gasteiger partial charge in [0.1, 0.15) is 0 Å². The van der Waals surface area contributed by atoms with Gasteiger partial charge < -0.3 is 5.32 Å². The Hall–Kier alpha value is -0.0800. The van der Waals surface area contributed by atoms with Crippen LogP contribution >= 0.6 is 0 Å². The van der Waals surface area contributed by atoms with Gasteiger partial charge in [-0.15, -0.1) is 0 Å². The summed E-state index contributed by atoms with van der Waals surface area (Å²) in [4.78, 5) is 2.75. The van der Waals surface area contributed by atoms with Crippen molar-refractivity contribution >= 4 is 0 Å². The lowest BCUT2D eigenvalue weighted by atomic mass is 9.84. The van der Waals surface area contributed by atoms with Gasteiger partial charge in [-0.25, -0.2) is 0 Å². The summed E-state index contributed by atoms with van der Waals surface area (Å²) in [7, 11) is 0. The van der Waals surface area contributed by atoms with E-state index in [4.69, 9.17) is 0 Å². The molecule has 18 heavy (non-hydrogen) atoms. The second-order valence-corrected chi connectivity index (χ2v) is 6.77. The zero-order valence-electron chi connectivity index (χ0n) is 13.3. The topological polar surface area (TPSA) is 15.3 Å². The average molecular weight is 254 g/mol. The summed E-state index contributed by atoms with van der Waals surface area (Å²) >= 11 is 0. The van der Waals surface area contributed by atoms with Gasteiger partial charge in [-0.3, -0.25) is 4.90 Å². The third kappa shape index (κ3) is 4.89. The van der Waals surface area contributed by atoms with Gasteiger partial charge in [0, 0.05) is 25.2 Å². The highest BCUT2D eigenvalue weighted by atomic mass is 15.2. The van der Waals surface area contributed by atoms with Crippen molar-refractivity contribution in [1.29, 1.82) is 0 Å². The first-order valence-corrected chi connectivity index (χ1v) is 7.98. The smallest absolute Gasteiger partial charge is 0.00933 e. The molecule has 1 heterocycles. The lowest BCUT2D eigenvalue weighted by molar-refractivity contribution is 0.134. The number of nitrogens with zero attached hydrogens (tertiary/aromatic N) is 1. The van der Waals surface area contributed by atoms with Crippen molar-refractivity contribution in [3.8, 4) is 0 Å². The van der Waals surface area contributed by atoms with E-state index in [0.717, 1.165) is 12.6 Å². The largest absolute Gasteiger partial charge is 0.314 e. The van der Waals surface area contributed by atoms with Gasteiger partial charge in [0.2, 0.25) is 0 Å².